The molecule has 0 saturated heterocycles. The molecule has 2 aromatic rings. The third-order valence-electron chi connectivity index (χ3n) is 3.35. The number of para-hydroxylation sites is 1. The van der Waals surface area contributed by atoms with Crippen molar-refractivity contribution in [1.82, 2.24) is 9.55 Å². The van der Waals surface area contributed by atoms with Gasteiger partial charge >= 0.3 is 0 Å². The summed E-state index contributed by atoms with van der Waals surface area (Å²) < 4.78 is 2.22. The third kappa shape index (κ3) is 2.24. The molecule has 0 amide bonds. The van der Waals surface area contributed by atoms with Gasteiger partial charge in [0.1, 0.15) is 5.82 Å². The van der Waals surface area contributed by atoms with Crippen molar-refractivity contribution in [2.24, 2.45) is 0 Å². The molecule has 0 fully saturated rings. The van der Waals surface area contributed by atoms with Crippen molar-refractivity contribution in [3.05, 3.63) is 29.0 Å². The van der Waals surface area contributed by atoms with Crippen LogP contribution in [0.3, 0.4) is 0 Å². The molecule has 1 unspecified atom stereocenters. The summed E-state index contributed by atoms with van der Waals surface area (Å²) in [4.78, 5) is 4.64. The molecule has 1 aromatic carbocycles. The Morgan fingerprint density at radius 3 is 2.50 bits per heavy atom. The van der Waals surface area contributed by atoms with Crippen molar-refractivity contribution in [3.63, 3.8) is 0 Å². The highest BCUT2D eigenvalue weighted by Gasteiger charge is 2.21. The molecule has 98 valence electrons. The van der Waals surface area contributed by atoms with Gasteiger partial charge in [0.2, 0.25) is 0 Å². The quantitative estimate of drug-likeness (QED) is 0.692. The molecule has 0 aliphatic carbocycles. The Hall–Kier alpha value is -0.730. The number of rotatable bonds is 4. The molecule has 1 heterocycles. The largest absolute Gasteiger partial charge is 0.322 e. The lowest BCUT2D eigenvalue weighted by atomic mass is 10.1. The van der Waals surface area contributed by atoms with Crippen molar-refractivity contribution in [2.75, 3.05) is 0 Å². The first kappa shape index (κ1) is 13.7. The predicted molar refractivity (Wildman–Crippen MR) is 78.6 cm³/mol. The van der Waals surface area contributed by atoms with Crippen molar-refractivity contribution in [3.8, 4) is 0 Å². The Kier molecular flexibility index (Phi) is 4.18. The van der Waals surface area contributed by atoms with E-state index in [1.54, 1.807) is 0 Å². The van der Waals surface area contributed by atoms with E-state index in [0.717, 1.165) is 34.7 Å². The second-order valence-corrected chi connectivity index (χ2v) is 5.60. The number of aromatic nitrogens is 2. The molecular weight excluding hydrogens is 267 g/mol. The minimum Gasteiger partial charge on any atom is -0.322 e. The molecule has 1 atom stereocenters. The van der Waals surface area contributed by atoms with E-state index in [2.05, 4.69) is 23.4 Å². The van der Waals surface area contributed by atoms with Crippen LogP contribution >= 0.6 is 23.2 Å². The summed E-state index contributed by atoms with van der Waals surface area (Å²) in [7, 11) is 0. The molecule has 2 rings (SSSR count). The molecule has 0 spiro atoms. The minimum atomic E-state index is -0.117. The normalized spacial score (nSPS) is 13.4. The van der Waals surface area contributed by atoms with Gasteiger partial charge in [-0.1, -0.05) is 31.5 Å². The highest BCUT2D eigenvalue weighted by molar-refractivity contribution is 6.35. The Labute approximate surface area is 118 Å². The maximum Gasteiger partial charge on any atom is 0.128 e. The average Bonchev–Trinajstić information content (AvgIpc) is 2.72. The lowest BCUT2D eigenvalue weighted by molar-refractivity contribution is 0.466. The zero-order valence-corrected chi connectivity index (χ0v) is 12.5. The van der Waals surface area contributed by atoms with E-state index in [9.17, 15) is 0 Å². The van der Waals surface area contributed by atoms with Crippen molar-refractivity contribution < 1.29 is 0 Å². The molecule has 0 saturated carbocycles. The van der Waals surface area contributed by atoms with E-state index in [-0.39, 0.29) is 5.38 Å². The molecule has 0 aliphatic heterocycles. The Bertz CT molecular complexity index is 542. The number of hydrogen-bond donors (Lipinski definition) is 0. The molecular formula is C14H18Cl2N2. The number of benzene rings is 1. The first-order valence-electron chi connectivity index (χ1n) is 6.40. The SMILES string of the molecule is CCC(CC)n1c(C(C)Cl)nc2cccc(Cl)c21. The summed E-state index contributed by atoms with van der Waals surface area (Å²) in [6.07, 6.45) is 2.09. The number of halogens is 2. The fourth-order valence-electron chi connectivity index (χ4n) is 2.43. The van der Waals surface area contributed by atoms with E-state index in [1.807, 2.05) is 25.1 Å². The molecule has 4 heteroatoms. The fourth-order valence-corrected chi connectivity index (χ4v) is 2.84. The number of alkyl halides is 1. The van der Waals surface area contributed by atoms with Gasteiger partial charge in [0, 0.05) is 6.04 Å². The van der Waals surface area contributed by atoms with Gasteiger partial charge < -0.3 is 4.57 Å². The van der Waals surface area contributed by atoms with E-state index in [0.29, 0.717) is 6.04 Å². The van der Waals surface area contributed by atoms with Crippen molar-refractivity contribution >= 4 is 34.2 Å². The Morgan fingerprint density at radius 2 is 1.94 bits per heavy atom. The van der Waals surface area contributed by atoms with Gasteiger partial charge in [-0.15, -0.1) is 11.6 Å². The van der Waals surface area contributed by atoms with Crippen LogP contribution in [0.25, 0.3) is 11.0 Å². The molecule has 2 nitrogen and oxygen atoms in total. The number of nitrogens with zero attached hydrogens (tertiary/aromatic N) is 2. The maximum atomic E-state index is 6.33. The van der Waals surface area contributed by atoms with Crippen LogP contribution in [-0.4, -0.2) is 9.55 Å². The monoisotopic (exact) mass is 284 g/mol. The Balaban J connectivity index is 2.76. The van der Waals surface area contributed by atoms with Gasteiger partial charge in [0.15, 0.2) is 0 Å². The van der Waals surface area contributed by atoms with Gasteiger partial charge in [-0.05, 0) is 31.9 Å². The minimum absolute atomic E-state index is 0.117. The molecule has 0 N–H and O–H groups in total. The molecule has 18 heavy (non-hydrogen) atoms. The number of hydrogen-bond acceptors (Lipinski definition) is 1. The van der Waals surface area contributed by atoms with Gasteiger partial charge in [0.25, 0.3) is 0 Å². The van der Waals surface area contributed by atoms with E-state index < -0.39 is 0 Å². The molecule has 0 radical (unpaired) electrons. The van der Waals surface area contributed by atoms with Crippen molar-refractivity contribution in [2.45, 2.75) is 45.0 Å². The summed E-state index contributed by atoms with van der Waals surface area (Å²) in [6, 6.07) is 6.22. The van der Waals surface area contributed by atoms with Crippen LogP contribution in [0.5, 0.6) is 0 Å². The molecule has 0 bridgehead atoms. The third-order valence-corrected chi connectivity index (χ3v) is 3.85. The van der Waals surface area contributed by atoms with E-state index >= 15 is 0 Å². The standard InChI is InChI=1S/C14H18Cl2N2/c1-4-10(5-2)18-13-11(16)7-6-8-12(13)17-14(18)9(3)15/h6-10H,4-5H2,1-3H3. The zero-order chi connectivity index (χ0) is 13.3. The Morgan fingerprint density at radius 1 is 1.28 bits per heavy atom. The lowest BCUT2D eigenvalue weighted by Crippen LogP contribution is -2.11. The smallest absolute Gasteiger partial charge is 0.128 e. The van der Waals surface area contributed by atoms with Crippen LogP contribution in [0, 0.1) is 0 Å². The zero-order valence-electron chi connectivity index (χ0n) is 11.0. The van der Waals surface area contributed by atoms with Crippen molar-refractivity contribution in [1.29, 1.82) is 0 Å². The molecule has 0 aliphatic rings. The maximum absolute atomic E-state index is 6.33. The number of imidazole rings is 1. The highest BCUT2D eigenvalue weighted by Crippen LogP contribution is 2.34. The van der Waals surface area contributed by atoms with Gasteiger partial charge in [-0.25, -0.2) is 4.98 Å². The average molecular weight is 285 g/mol. The van der Waals surface area contributed by atoms with Crippen LogP contribution < -0.4 is 0 Å². The summed E-state index contributed by atoms with van der Waals surface area (Å²) in [6.45, 7) is 6.31. The van der Waals surface area contributed by atoms with E-state index in [1.165, 1.54) is 0 Å². The van der Waals surface area contributed by atoms with E-state index in [4.69, 9.17) is 23.2 Å². The first-order chi connectivity index (χ1) is 8.60. The van der Waals surface area contributed by atoms with Crippen LogP contribution in [0.15, 0.2) is 18.2 Å². The topological polar surface area (TPSA) is 17.8 Å². The van der Waals surface area contributed by atoms with Gasteiger partial charge in [-0.2, -0.15) is 0 Å². The first-order valence-corrected chi connectivity index (χ1v) is 7.21. The summed E-state index contributed by atoms with van der Waals surface area (Å²) in [5.74, 6) is 0.911. The summed E-state index contributed by atoms with van der Waals surface area (Å²) >= 11 is 12.6. The van der Waals surface area contributed by atoms with Gasteiger partial charge in [-0.3, -0.25) is 0 Å². The van der Waals surface area contributed by atoms with Crippen LogP contribution in [0.4, 0.5) is 0 Å². The fraction of sp³-hybridized carbons (Fsp3) is 0.500. The summed E-state index contributed by atoms with van der Waals surface area (Å²) in [5, 5.41) is 0.629. The number of fused-ring (bicyclic) bond motifs is 1. The van der Waals surface area contributed by atoms with Crippen LogP contribution in [0.1, 0.15) is 50.9 Å². The van der Waals surface area contributed by atoms with Gasteiger partial charge in [0.05, 0.1) is 21.4 Å². The van der Waals surface area contributed by atoms with Crippen LogP contribution in [-0.2, 0) is 0 Å². The second-order valence-electron chi connectivity index (χ2n) is 4.53. The highest BCUT2D eigenvalue weighted by atomic mass is 35.5. The lowest BCUT2D eigenvalue weighted by Gasteiger charge is -2.20. The molecule has 1 aromatic heterocycles. The van der Waals surface area contributed by atoms with Crippen LogP contribution in [0.2, 0.25) is 5.02 Å². The summed E-state index contributed by atoms with van der Waals surface area (Å²) in [5.41, 5.74) is 1.94. The second kappa shape index (κ2) is 5.50. The predicted octanol–water partition coefficient (Wildman–Crippen LogP) is 5.35.